The molecule has 1 atom stereocenters. The smallest absolute Gasteiger partial charge is 0.315 e. The second kappa shape index (κ2) is 6.78. The van der Waals surface area contributed by atoms with E-state index in [-0.39, 0.29) is 12.1 Å². The molecule has 130 valence electrons. The zero-order valence-electron chi connectivity index (χ0n) is 14.7. The van der Waals surface area contributed by atoms with Crippen molar-refractivity contribution in [3.8, 4) is 0 Å². The van der Waals surface area contributed by atoms with Gasteiger partial charge in [-0.1, -0.05) is 30.3 Å². The van der Waals surface area contributed by atoms with Crippen molar-refractivity contribution >= 4 is 6.03 Å². The van der Waals surface area contributed by atoms with E-state index in [0.717, 1.165) is 36.5 Å². The van der Waals surface area contributed by atoms with Crippen LogP contribution >= 0.6 is 0 Å². The fraction of sp³-hybridized carbons (Fsp3) is 0.667. The second-order valence-electron chi connectivity index (χ2n) is 8.50. The van der Waals surface area contributed by atoms with E-state index in [2.05, 4.69) is 41.8 Å². The van der Waals surface area contributed by atoms with Crippen molar-refractivity contribution in [2.75, 3.05) is 0 Å². The maximum Gasteiger partial charge on any atom is 0.315 e. The molecule has 1 aromatic carbocycles. The molecule has 5 rings (SSSR count). The Kier molecular flexibility index (Phi) is 4.51. The molecular weight excluding hydrogens is 296 g/mol. The summed E-state index contributed by atoms with van der Waals surface area (Å²) in [5, 5.41) is 6.50. The minimum atomic E-state index is 0.0491. The summed E-state index contributed by atoms with van der Waals surface area (Å²) >= 11 is 0. The van der Waals surface area contributed by atoms with Gasteiger partial charge in [0.15, 0.2) is 0 Å². The Morgan fingerprint density at radius 2 is 1.67 bits per heavy atom. The summed E-state index contributed by atoms with van der Waals surface area (Å²) in [6, 6.07) is 11.2. The van der Waals surface area contributed by atoms with E-state index in [1.807, 2.05) is 6.07 Å². The molecule has 4 saturated carbocycles. The third-order valence-electron chi connectivity index (χ3n) is 6.61. The maximum atomic E-state index is 12.4. The van der Waals surface area contributed by atoms with Gasteiger partial charge in [-0.2, -0.15) is 0 Å². The second-order valence-corrected chi connectivity index (χ2v) is 8.50. The van der Waals surface area contributed by atoms with Crippen LogP contribution in [0.2, 0.25) is 0 Å². The van der Waals surface area contributed by atoms with Gasteiger partial charge >= 0.3 is 6.03 Å². The van der Waals surface area contributed by atoms with Crippen molar-refractivity contribution in [3.05, 3.63) is 35.9 Å². The molecule has 0 aliphatic heterocycles. The highest BCUT2D eigenvalue weighted by atomic mass is 16.2. The SMILES string of the molecule is CC(CCc1ccccc1)NC(=O)NC1C2CC3CC(C2)CC1C3. The molecule has 1 aromatic rings. The van der Waals surface area contributed by atoms with E-state index in [0.29, 0.717) is 6.04 Å². The molecule has 3 nitrogen and oxygen atoms in total. The first-order valence-corrected chi connectivity index (χ1v) is 9.78. The van der Waals surface area contributed by atoms with Gasteiger partial charge in [-0.3, -0.25) is 0 Å². The van der Waals surface area contributed by atoms with Crippen LogP contribution in [-0.4, -0.2) is 18.1 Å². The summed E-state index contributed by atoms with van der Waals surface area (Å²) in [6.07, 6.45) is 8.86. The van der Waals surface area contributed by atoms with Gasteiger partial charge in [-0.25, -0.2) is 4.79 Å². The van der Waals surface area contributed by atoms with Crippen LogP contribution in [0, 0.1) is 23.7 Å². The Balaban J connectivity index is 1.24. The lowest BCUT2D eigenvalue weighted by Crippen LogP contribution is -2.58. The van der Waals surface area contributed by atoms with E-state index in [1.165, 1.54) is 37.7 Å². The third kappa shape index (κ3) is 3.45. The first-order valence-electron chi connectivity index (χ1n) is 9.78. The lowest BCUT2D eigenvalue weighted by atomic mass is 9.54. The van der Waals surface area contributed by atoms with Gasteiger partial charge in [-0.05, 0) is 81.1 Å². The summed E-state index contributed by atoms with van der Waals surface area (Å²) < 4.78 is 0. The lowest BCUT2D eigenvalue weighted by Gasteiger charge is -2.54. The first kappa shape index (κ1) is 16.0. The van der Waals surface area contributed by atoms with Crippen LogP contribution in [0.1, 0.15) is 51.0 Å². The van der Waals surface area contributed by atoms with Crippen LogP contribution in [0.25, 0.3) is 0 Å². The molecule has 0 radical (unpaired) electrons. The number of benzene rings is 1. The molecular formula is C21H30N2O. The number of urea groups is 1. The van der Waals surface area contributed by atoms with Crippen LogP contribution in [0.15, 0.2) is 30.3 Å². The van der Waals surface area contributed by atoms with Gasteiger partial charge in [0.25, 0.3) is 0 Å². The number of hydrogen-bond donors (Lipinski definition) is 2. The van der Waals surface area contributed by atoms with Crippen molar-refractivity contribution in [1.82, 2.24) is 10.6 Å². The lowest BCUT2D eigenvalue weighted by molar-refractivity contribution is -0.00951. The van der Waals surface area contributed by atoms with Gasteiger partial charge in [0.1, 0.15) is 0 Å². The molecule has 4 aliphatic rings. The quantitative estimate of drug-likeness (QED) is 0.839. The molecule has 1 unspecified atom stereocenters. The average molecular weight is 326 g/mol. The van der Waals surface area contributed by atoms with Crippen LogP contribution in [-0.2, 0) is 6.42 Å². The number of nitrogens with one attached hydrogen (secondary N) is 2. The Hall–Kier alpha value is -1.51. The number of rotatable bonds is 5. The van der Waals surface area contributed by atoms with Gasteiger partial charge in [0.05, 0.1) is 0 Å². The van der Waals surface area contributed by atoms with Crippen LogP contribution in [0.4, 0.5) is 4.79 Å². The third-order valence-corrected chi connectivity index (χ3v) is 6.61. The minimum Gasteiger partial charge on any atom is -0.336 e. The predicted octanol–water partition coefficient (Wildman–Crippen LogP) is 4.13. The van der Waals surface area contributed by atoms with E-state index >= 15 is 0 Å². The maximum absolute atomic E-state index is 12.4. The van der Waals surface area contributed by atoms with E-state index in [1.54, 1.807) is 0 Å². The summed E-state index contributed by atoms with van der Waals surface area (Å²) in [4.78, 5) is 12.4. The molecule has 4 bridgehead atoms. The van der Waals surface area contributed by atoms with Crippen molar-refractivity contribution in [1.29, 1.82) is 0 Å². The van der Waals surface area contributed by atoms with Gasteiger partial charge in [0.2, 0.25) is 0 Å². The highest BCUT2D eigenvalue weighted by Gasteiger charge is 2.48. The van der Waals surface area contributed by atoms with E-state index in [4.69, 9.17) is 0 Å². The van der Waals surface area contributed by atoms with Crippen molar-refractivity contribution < 1.29 is 4.79 Å². The highest BCUT2D eigenvalue weighted by Crippen LogP contribution is 2.53. The Morgan fingerprint density at radius 1 is 1.04 bits per heavy atom. The normalized spacial score (nSPS) is 34.8. The number of carbonyl (C=O) groups is 1. The Labute approximate surface area is 145 Å². The van der Waals surface area contributed by atoms with Gasteiger partial charge in [0, 0.05) is 12.1 Å². The van der Waals surface area contributed by atoms with Crippen LogP contribution in [0.5, 0.6) is 0 Å². The summed E-state index contributed by atoms with van der Waals surface area (Å²) in [7, 11) is 0. The molecule has 4 fully saturated rings. The average Bonchev–Trinajstić information content (AvgIpc) is 2.56. The fourth-order valence-electron chi connectivity index (χ4n) is 5.68. The number of hydrogen-bond acceptors (Lipinski definition) is 1. The molecule has 4 aliphatic carbocycles. The van der Waals surface area contributed by atoms with E-state index in [9.17, 15) is 4.79 Å². The minimum absolute atomic E-state index is 0.0491. The zero-order valence-corrected chi connectivity index (χ0v) is 14.7. The monoisotopic (exact) mass is 326 g/mol. The molecule has 0 spiro atoms. The molecule has 2 N–H and O–H groups in total. The van der Waals surface area contributed by atoms with Gasteiger partial charge < -0.3 is 10.6 Å². The summed E-state index contributed by atoms with van der Waals surface area (Å²) in [5.41, 5.74) is 1.34. The molecule has 3 heteroatoms. The Morgan fingerprint density at radius 3 is 2.29 bits per heavy atom. The van der Waals surface area contributed by atoms with Crippen molar-refractivity contribution in [2.45, 2.75) is 64.0 Å². The molecule has 2 amide bonds. The fourth-order valence-corrected chi connectivity index (χ4v) is 5.68. The molecule has 0 heterocycles. The summed E-state index contributed by atoms with van der Waals surface area (Å²) in [6.45, 7) is 2.11. The molecule has 0 aromatic heterocycles. The Bertz CT molecular complexity index is 542. The topological polar surface area (TPSA) is 41.1 Å². The summed E-state index contributed by atoms with van der Waals surface area (Å²) in [5.74, 6) is 3.40. The largest absolute Gasteiger partial charge is 0.336 e. The van der Waals surface area contributed by atoms with Crippen LogP contribution < -0.4 is 10.6 Å². The zero-order chi connectivity index (χ0) is 16.5. The predicted molar refractivity (Wildman–Crippen MR) is 96.7 cm³/mol. The molecule has 24 heavy (non-hydrogen) atoms. The van der Waals surface area contributed by atoms with Crippen molar-refractivity contribution in [3.63, 3.8) is 0 Å². The number of aryl methyl sites for hydroxylation is 1. The number of carbonyl (C=O) groups excluding carboxylic acids is 1. The van der Waals surface area contributed by atoms with Gasteiger partial charge in [-0.15, -0.1) is 0 Å². The standard InChI is InChI=1S/C21H30N2O/c1-14(7-8-15-5-3-2-4-6-15)22-21(24)23-20-18-10-16-9-17(12-18)13-19(20)11-16/h2-6,14,16-20H,7-13H2,1H3,(H2,22,23,24). The van der Waals surface area contributed by atoms with Crippen molar-refractivity contribution in [2.24, 2.45) is 23.7 Å². The molecule has 0 saturated heterocycles. The number of amides is 2. The van der Waals surface area contributed by atoms with Crippen LogP contribution in [0.3, 0.4) is 0 Å². The van der Waals surface area contributed by atoms with E-state index < -0.39 is 0 Å². The first-order chi connectivity index (χ1) is 11.7. The highest BCUT2D eigenvalue weighted by molar-refractivity contribution is 5.74.